The smallest absolute Gasteiger partial charge is 0.256 e. The van der Waals surface area contributed by atoms with E-state index < -0.39 is 35.4 Å². The first-order chi connectivity index (χ1) is 22.2. The van der Waals surface area contributed by atoms with Crippen LogP contribution in [0.4, 0.5) is 34.9 Å². The number of rotatable bonds is 0. The molecule has 1 aliphatic heterocycles. The summed E-state index contributed by atoms with van der Waals surface area (Å²) in [5, 5.41) is 15.6. The third-order valence-corrected chi connectivity index (χ3v) is 6.35. The Morgan fingerprint density at radius 2 is 0.630 bits per heavy atom. The van der Waals surface area contributed by atoms with Crippen LogP contribution in [0.25, 0.3) is 0 Å². The van der Waals surface area contributed by atoms with Crippen LogP contribution in [-0.4, -0.2) is 50.4 Å². The van der Waals surface area contributed by atoms with Crippen LogP contribution in [0.3, 0.4) is 0 Å². The normalized spacial score (nSPS) is 15.0. The molecule has 1 aromatic carbocycles. The van der Waals surface area contributed by atoms with Crippen molar-refractivity contribution in [3.05, 3.63) is 90.0 Å². The minimum Gasteiger partial charge on any atom is -0.311 e. The molecule has 3 aromatic heterocycles. The maximum Gasteiger partial charge on any atom is 0.256 e. The summed E-state index contributed by atoms with van der Waals surface area (Å²) in [6.07, 6.45) is -0.679. The quantitative estimate of drug-likeness (QED) is 0.169. The SMILES string of the molecule is O=C1CCC(=O)Nc2cccc(n2)NC(=O)c2cccc(c2)C(=O)Nc2cccc(n2)NC(=O)CCC(=O)Nc2cccc(n2)N1. The summed E-state index contributed by atoms with van der Waals surface area (Å²) in [6.45, 7) is 0. The second-order valence-electron chi connectivity index (χ2n) is 9.91. The zero-order valence-corrected chi connectivity index (χ0v) is 24.1. The number of nitrogens with zero attached hydrogens (tertiary/aromatic N) is 3. The molecular formula is C31H27N9O6. The number of amides is 6. The van der Waals surface area contributed by atoms with Gasteiger partial charge in [-0.3, -0.25) is 28.8 Å². The molecule has 4 aromatic rings. The molecule has 0 atom stereocenters. The molecule has 0 aliphatic carbocycles. The molecule has 5 rings (SSSR count). The lowest BCUT2D eigenvalue weighted by molar-refractivity contribution is -0.121. The number of hydrogen-bond acceptors (Lipinski definition) is 9. The van der Waals surface area contributed by atoms with Crippen molar-refractivity contribution in [1.29, 1.82) is 0 Å². The second-order valence-corrected chi connectivity index (χ2v) is 9.91. The fourth-order valence-electron chi connectivity index (χ4n) is 4.18. The van der Waals surface area contributed by atoms with Gasteiger partial charge >= 0.3 is 0 Å². The molecule has 6 amide bonds. The van der Waals surface area contributed by atoms with Gasteiger partial charge in [0.25, 0.3) is 11.8 Å². The number of aromatic nitrogens is 3. The van der Waals surface area contributed by atoms with Crippen LogP contribution in [0.5, 0.6) is 0 Å². The predicted molar refractivity (Wildman–Crippen MR) is 168 cm³/mol. The second kappa shape index (κ2) is 14.3. The average molecular weight is 622 g/mol. The Morgan fingerprint density at radius 1 is 0.370 bits per heavy atom. The van der Waals surface area contributed by atoms with E-state index in [0.717, 1.165) is 0 Å². The molecule has 46 heavy (non-hydrogen) atoms. The molecule has 0 radical (unpaired) electrons. The lowest BCUT2D eigenvalue weighted by atomic mass is 10.1. The zero-order chi connectivity index (χ0) is 32.5. The molecule has 0 spiro atoms. The highest BCUT2D eigenvalue weighted by Gasteiger charge is 2.15. The van der Waals surface area contributed by atoms with Crippen molar-refractivity contribution in [2.75, 3.05) is 31.9 Å². The number of carbonyl (C=O) groups excluding carboxylic acids is 6. The van der Waals surface area contributed by atoms with Crippen molar-refractivity contribution in [2.45, 2.75) is 25.7 Å². The summed E-state index contributed by atoms with van der Waals surface area (Å²) in [7, 11) is 0. The van der Waals surface area contributed by atoms with Gasteiger partial charge in [0.2, 0.25) is 23.6 Å². The molecule has 0 fully saturated rings. The zero-order valence-electron chi connectivity index (χ0n) is 24.1. The lowest BCUT2D eigenvalue weighted by Crippen LogP contribution is -2.20. The third kappa shape index (κ3) is 8.76. The number of hydrogen-bond donors (Lipinski definition) is 6. The van der Waals surface area contributed by atoms with Crippen LogP contribution >= 0.6 is 0 Å². The Labute approximate surface area is 261 Å². The average Bonchev–Trinajstić information content (AvgIpc) is 3.03. The molecule has 6 N–H and O–H groups in total. The van der Waals surface area contributed by atoms with E-state index in [1.165, 1.54) is 60.7 Å². The Balaban J connectivity index is 1.36. The first-order valence-electron chi connectivity index (χ1n) is 14.0. The summed E-state index contributed by atoms with van der Waals surface area (Å²) >= 11 is 0. The summed E-state index contributed by atoms with van der Waals surface area (Å²) in [6, 6.07) is 19.8. The van der Waals surface area contributed by atoms with E-state index in [0.29, 0.717) is 0 Å². The molecule has 4 heterocycles. The molecular weight excluding hydrogens is 594 g/mol. The van der Waals surface area contributed by atoms with Crippen molar-refractivity contribution in [2.24, 2.45) is 0 Å². The highest BCUT2D eigenvalue weighted by Crippen LogP contribution is 2.16. The fourth-order valence-corrected chi connectivity index (χ4v) is 4.18. The van der Waals surface area contributed by atoms with Gasteiger partial charge in [-0.1, -0.05) is 24.3 Å². The monoisotopic (exact) mass is 621 g/mol. The molecule has 15 heteroatoms. The van der Waals surface area contributed by atoms with Gasteiger partial charge in [-0.2, -0.15) is 0 Å². The summed E-state index contributed by atoms with van der Waals surface area (Å²) < 4.78 is 0. The standard InChI is InChI=1S/C31H27N9O6/c41-26-13-15-28(43)37-22-9-3-11-24(33-22)39-30(45)18-5-1-6-19(17-18)31(46)40-25-12-4-10-23(34-25)38-29(44)16-14-27(42)36-21-8-2-7-20(32-21)35-26/h1-12,17H,13-16H2,(H2,32,35,36,41,42)(H2,33,37,39,43,45)(H2,34,38,40,44,46). The summed E-state index contributed by atoms with van der Waals surface area (Å²) in [5.74, 6) is -2.15. The Bertz CT molecular complexity index is 1720. The van der Waals surface area contributed by atoms with Gasteiger partial charge in [-0.15, -0.1) is 0 Å². The van der Waals surface area contributed by atoms with E-state index in [9.17, 15) is 28.8 Å². The maximum absolute atomic E-state index is 13.0. The van der Waals surface area contributed by atoms with Gasteiger partial charge in [0.1, 0.15) is 34.9 Å². The Morgan fingerprint density at radius 3 is 0.935 bits per heavy atom. The molecule has 232 valence electrons. The van der Waals surface area contributed by atoms with Gasteiger partial charge in [0, 0.05) is 36.8 Å². The number of nitrogens with one attached hydrogen (secondary N) is 6. The van der Waals surface area contributed by atoms with Crippen LogP contribution in [0, 0.1) is 0 Å². The molecule has 0 saturated heterocycles. The van der Waals surface area contributed by atoms with Crippen molar-refractivity contribution >= 4 is 70.4 Å². The number of fused-ring (bicyclic) bond motifs is 8. The van der Waals surface area contributed by atoms with E-state index in [1.54, 1.807) is 18.2 Å². The Hall–Kier alpha value is -6.51. The van der Waals surface area contributed by atoms with E-state index in [1.807, 2.05) is 0 Å². The van der Waals surface area contributed by atoms with Crippen LogP contribution < -0.4 is 31.9 Å². The first-order valence-corrected chi connectivity index (χ1v) is 14.0. The third-order valence-electron chi connectivity index (χ3n) is 6.35. The molecule has 1 aliphatic rings. The van der Waals surface area contributed by atoms with Crippen LogP contribution in [0.2, 0.25) is 0 Å². The van der Waals surface area contributed by atoms with Crippen LogP contribution in [0.1, 0.15) is 46.4 Å². The van der Waals surface area contributed by atoms with E-state index in [2.05, 4.69) is 46.9 Å². The summed E-state index contributed by atoms with van der Waals surface area (Å²) in [5.41, 5.74) is 0.335. The molecule has 15 nitrogen and oxygen atoms in total. The molecule has 8 bridgehead atoms. The number of benzene rings is 1. The van der Waals surface area contributed by atoms with Gasteiger partial charge in [-0.25, -0.2) is 15.0 Å². The van der Waals surface area contributed by atoms with Crippen molar-refractivity contribution in [3.63, 3.8) is 0 Å². The largest absolute Gasteiger partial charge is 0.311 e. The number of pyridine rings is 3. The number of carbonyl (C=O) groups is 6. The van der Waals surface area contributed by atoms with Crippen LogP contribution in [-0.2, 0) is 19.2 Å². The van der Waals surface area contributed by atoms with Gasteiger partial charge in [0.05, 0.1) is 0 Å². The summed E-state index contributed by atoms with van der Waals surface area (Å²) in [4.78, 5) is 88.4. The van der Waals surface area contributed by atoms with E-state index in [-0.39, 0.29) is 71.7 Å². The minimum absolute atomic E-state index is 0.143. The highest BCUT2D eigenvalue weighted by atomic mass is 16.2. The van der Waals surface area contributed by atoms with Crippen molar-refractivity contribution in [3.8, 4) is 0 Å². The predicted octanol–water partition coefficient (Wildman–Crippen LogP) is 3.40. The lowest BCUT2D eigenvalue weighted by Gasteiger charge is -2.10. The van der Waals surface area contributed by atoms with E-state index in [4.69, 9.17) is 0 Å². The maximum atomic E-state index is 13.0. The minimum atomic E-state index is -0.551. The molecule has 0 saturated carbocycles. The Kier molecular flexibility index (Phi) is 9.62. The van der Waals surface area contributed by atoms with Gasteiger partial charge < -0.3 is 31.9 Å². The number of anilines is 6. The van der Waals surface area contributed by atoms with Crippen molar-refractivity contribution < 1.29 is 28.8 Å². The fraction of sp³-hybridized carbons (Fsp3) is 0.129. The highest BCUT2D eigenvalue weighted by molar-refractivity contribution is 6.08. The van der Waals surface area contributed by atoms with E-state index >= 15 is 0 Å². The van der Waals surface area contributed by atoms with Gasteiger partial charge in [-0.05, 0) is 54.6 Å². The van der Waals surface area contributed by atoms with Crippen LogP contribution in [0.15, 0.2) is 78.9 Å². The van der Waals surface area contributed by atoms with Crippen molar-refractivity contribution in [1.82, 2.24) is 15.0 Å². The first kappa shape index (κ1) is 30.9. The van der Waals surface area contributed by atoms with Gasteiger partial charge in [0.15, 0.2) is 0 Å². The topological polar surface area (TPSA) is 213 Å². The molecule has 0 unspecified atom stereocenters.